The fourth-order valence-electron chi connectivity index (χ4n) is 4.84. The van der Waals surface area contributed by atoms with Gasteiger partial charge in [0.2, 0.25) is 5.88 Å². The summed E-state index contributed by atoms with van der Waals surface area (Å²) in [6.45, 7) is 3.32. The molecule has 1 saturated heterocycles. The van der Waals surface area contributed by atoms with Crippen molar-refractivity contribution in [2.75, 3.05) is 26.8 Å². The second kappa shape index (κ2) is 11.3. The predicted molar refractivity (Wildman–Crippen MR) is 135 cm³/mol. The van der Waals surface area contributed by atoms with Gasteiger partial charge in [0.25, 0.3) is 11.5 Å². The molecule has 1 aliphatic rings. The molecule has 2 atom stereocenters. The molecule has 1 unspecified atom stereocenters. The molecule has 184 valence electrons. The summed E-state index contributed by atoms with van der Waals surface area (Å²) < 4.78 is 7.02. The summed E-state index contributed by atoms with van der Waals surface area (Å²) in [6.07, 6.45) is 3.04. The van der Waals surface area contributed by atoms with Gasteiger partial charge >= 0.3 is 0 Å². The van der Waals surface area contributed by atoms with Crippen molar-refractivity contribution in [3.8, 4) is 5.88 Å². The lowest BCUT2D eigenvalue weighted by Gasteiger charge is -2.24. The van der Waals surface area contributed by atoms with Crippen molar-refractivity contribution in [2.24, 2.45) is 0 Å². The molecule has 35 heavy (non-hydrogen) atoms. The Morgan fingerprint density at radius 2 is 1.83 bits per heavy atom. The summed E-state index contributed by atoms with van der Waals surface area (Å²) >= 11 is 0. The molecule has 3 aromatic rings. The van der Waals surface area contributed by atoms with Crippen LogP contribution in [0.5, 0.6) is 5.88 Å². The van der Waals surface area contributed by atoms with Crippen molar-refractivity contribution in [1.82, 2.24) is 14.5 Å². The number of amides is 1. The molecule has 0 radical (unpaired) electrons. The average Bonchev–Trinajstić information content (AvgIpc) is 3.38. The highest BCUT2D eigenvalue weighted by atomic mass is 16.5. The highest BCUT2D eigenvalue weighted by Gasteiger charge is 2.33. The first-order valence-electron chi connectivity index (χ1n) is 12.3. The van der Waals surface area contributed by atoms with Crippen LogP contribution in [0.25, 0.3) is 0 Å². The number of carbonyl (C=O) groups is 1. The fraction of sp³-hybridized carbons (Fsp3) is 0.393. The van der Waals surface area contributed by atoms with Crippen LogP contribution in [0.4, 0.5) is 0 Å². The summed E-state index contributed by atoms with van der Waals surface area (Å²) in [5.74, 6) is -0.305. The van der Waals surface area contributed by atoms with Gasteiger partial charge in [-0.15, -0.1) is 0 Å². The molecule has 2 aromatic carbocycles. The number of nitrogens with zero attached hydrogens (tertiary/aromatic N) is 3. The van der Waals surface area contributed by atoms with Crippen LogP contribution in [0.3, 0.4) is 0 Å². The molecule has 0 aliphatic carbocycles. The summed E-state index contributed by atoms with van der Waals surface area (Å²) in [5, 5.41) is 10.8. The van der Waals surface area contributed by atoms with Crippen LogP contribution in [0.2, 0.25) is 0 Å². The van der Waals surface area contributed by atoms with Crippen LogP contribution in [-0.2, 0) is 11.2 Å². The predicted octanol–water partition coefficient (Wildman–Crippen LogP) is 4.16. The third kappa shape index (κ3) is 5.30. The van der Waals surface area contributed by atoms with Gasteiger partial charge in [-0.3, -0.25) is 14.2 Å². The maximum Gasteiger partial charge on any atom is 0.271 e. The molecule has 1 N–H and O–H groups in total. The van der Waals surface area contributed by atoms with Crippen molar-refractivity contribution in [3.05, 3.63) is 93.5 Å². The number of carbonyl (C=O) groups excluding carboxylic acids is 1. The van der Waals surface area contributed by atoms with E-state index in [1.165, 1.54) is 5.56 Å². The van der Waals surface area contributed by atoms with Gasteiger partial charge in [0, 0.05) is 32.5 Å². The van der Waals surface area contributed by atoms with E-state index in [0.29, 0.717) is 25.3 Å². The minimum absolute atomic E-state index is 0.201. The number of unbranched alkanes of at least 4 members (excludes halogenated alkanes) is 1. The molecular weight excluding hydrogens is 442 g/mol. The normalized spacial score (nSPS) is 16.4. The maximum atomic E-state index is 13.9. The molecule has 7 heteroatoms. The van der Waals surface area contributed by atoms with Gasteiger partial charge < -0.3 is 14.7 Å². The second-order valence-electron chi connectivity index (χ2n) is 9.03. The van der Waals surface area contributed by atoms with E-state index in [0.717, 1.165) is 24.8 Å². The number of aromatic hydroxyl groups is 1. The minimum atomic E-state index is -0.525. The van der Waals surface area contributed by atoms with Gasteiger partial charge in [-0.05, 0) is 24.0 Å². The van der Waals surface area contributed by atoms with E-state index in [1.54, 1.807) is 16.6 Å². The first kappa shape index (κ1) is 24.7. The number of aryl methyl sites for hydroxylation is 1. The van der Waals surface area contributed by atoms with Crippen LogP contribution in [0, 0.1) is 0 Å². The van der Waals surface area contributed by atoms with Gasteiger partial charge in [-0.25, -0.2) is 0 Å². The Hall–Kier alpha value is -3.45. The zero-order valence-corrected chi connectivity index (χ0v) is 20.4. The Labute approximate surface area is 206 Å². The topological polar surface area (TPSA) is 84.7 Å². The summed E-state index contributed by atoms with van der Waals surface area (Å²) in [4.78, 5) is 33.5. The van der Waals surface area contributed by atoms with Crippen LogP contribution < -0.4 is 5.56 Å². The molecule has 0 spiro atoms. The number of hydrogen-bond acceptors (Lipinski definition) is 5. The van der Waals surface area contributed by atoms with Gasteiger partial charge in [-0.1, -0.05) is 74.0 Å². The van der Waals surface area contributed by atoms with E-state index in [4.69, 9.17) is 4.74 Å². The van der Waals surface area contributed by atoms with Gasteiger partial charge in [-0.2, -0.15) is 4.98 Å². The lowest BCUT2D eigenvalue weighted by Crippen LogP contribution is -2.39. The standard InChI is InChI=1S/C28H33N3O4/c1-3-4-15-24-29-26(32)25(27(33)30-17-16-22(18-30)20-11-7-5-8-12-20)28(34)31(24)23(19-35-2)21-13-9-6-10-14-21/h5-14,22-23,32H,3-4,15-19H2,1-2H3/t22-,23?/m1/s1. The smallest absolute Gasteiger partial charge is 0.271 e. The summed E-state index contributed by atoms with van der Waals surface area (Å²) in [5.41, 5.74) is 1.26. The van der Waals surface area contributed by atoms with E-state index in [2.05, 4.69) is 24.0 Å². The highest BCUT2D eigenvalue weighted by Crippen LogP contribution is 2.29. The molecule has 0 saturated carbocycles. The Balaban J connectivity index is 1.74. The second-order valence-corrected chi connectivity index (χ2v) is 9.03. The molecule has 1 fully saturated rings. The molecule has 1 aromatic heterocycles. The van der Waals surface area contributed by atoms with Crippen molar-refractivity contribution in [3.63, 3.8) is 0 Å². The molecule has 0 bridgehead atoms. The fourth-order valence-corrected chi connectivity index (χ4v) is 4.84. The number of benzene rings is 2. The highest BCUT2D eigenvalue weighted by molar-refractivity contribution is 5.96. The van der Waals surface area contributed by atoms with Gasteiger partial charge in [0.15, 0.2) is 5.56 Å². The van der Waals surface area contributed by atoms with E-state index in [9.17, 15) is 14.7 Å². The number of aromatic nitrogens is 2. The van der Waals surface area contributed by atoms with Gasteiger partial charge in [0.1, 0.15) is 5.82 Å². The monoisotopic (exact) mass is 475 g/mol. The molecule has 4 rings (SSSR count). The van der Waals surface area contributed by atoms with Crippen molar-refractivity contribution in [2.45, 2.75) is 44.6 Å². The van der Waals surface area contributed by atoms with Crippen molar-refractivity contribution in [1.29, 1.82) is 0 Å². The van der Waals surface area contributed by atoms with Crippen LogP contribution >= 0.6 is 0 Å². The Kier molecular flexibility index (Phi) is 7.98. The van der Waals surface area contributed by atoms with E-state index in [1.807, 2.05) is 48.5 Å². The Morgan fingerprint density at radius 1 is 1.14 bits per heavy atom. The third-order valence-electron chi connectivity index (χ3n) is 6.70. The quantitative estimate of drug-likeness (QED) is 0.502. The zero-order valence-electron chi connectivity index (χ0n) is 20.4. The first-order valence-corrected chi connectivity index (χ1v) is 12.3. The maximum absolute atomic E-state index is 13.9. The average molecular weight is 476 g/mol. The number of rotatable bonds is 9. The lowest BCUT2D eigenvalue weighted by molar-refractivity contribution is 0.0783. The molecule has 1 aliphatic heterocycles. The Bertz CT molecular complexity index is 1190. The minimum Gasteiger partial charge on any atom is -0.493 e. The SMILES string of the molecule is CCCCc1nc(O)c(C(=O)N2CC[C@@H](c3ccccc3)C2)c(=O)n1C(COC)c1ccccc1. The number of likely N-dealkylation sites (tertiary alicyclic amines) is 1. The largest absolute Gasteiger partial charge is 0.493 e. The van der Waals surface area contributed by atoms with E-state index < -0.39 is 23.4 Å². The number of ether oxygens (including phenoxy) is 1. The molecule has 7 nitrogen and oxygen atoms in total. The third-order valence-corrected chi connectivity index (χ3v) is 6.70. The van der Waals surface area contributed by atoms with E-state index in [-0.39, 0.29) is 18.1 Å². The molecule has 2 heterocycles. The summed E-state index contributed by atoms with van der Waals surface area (Å²) in [7, 11) is 1.58. The number of hydrogen-bond donors (Lipinski definition) is 1. The van der Waals surface area contributed by atoms with Gasteiger partial charge in [0.05, 0.1) is 12.6 Å². The lowest BCUT2D eigenvalue weighted by atomic mass is 9.99. The van der Waals surface area contributed by atoms with Crippen molar-refractivity contribution < 1.29 is 14.6 Å². The Morgan fingerprint density at radius 3 is 2.49 bits per heavy atom. The summed E-state index contributed by atoms with van der Waals surface area (Å²) in [6, 6.07) is 19.2. The molecular formula is C28H33N3O4. The molecule has 1 amide bonds. The van der Waals surface area contributed by atoms with E-state index >= 15 is 0 Å². The number of methoxy groups -OCH3 is 1. The zero-order chi connectivity index (χ0) is 24.8. The first-order chi connectivity index (χ1) is 17.0. The van der Waals surface area contributed by atoms with Crippen LogP contribution in [0.1, 0.15) is 65.5 Å². The van der Waals surface area contributed by atoms with Crippen LogP contribution in [0.15, 0.2) is 65.5 Å². The van der Waals surface area contributed by atoms with Crippen molar-refractivity contribution >= 4 is 5.91 Å². The van der Waals surface area contributed by atoms with Crippen LogP contribution in [-0.4, -0.2) is 52.3 Å².